The first-order valence-corrected chi connectivity index (χ1v) is 11.8. The van der Waals surface area contributed by atoms with Gasteiger partial charge in [0.1, 0.15) is 6.10 Å². The lowest BCUT2D eigenvalue weighted by molar-refractivity contribution is -0.217. The van der Waals surface area contributed by atoms with Gasteiger partial charge in [-0.15, -0.1) is 0 Å². The third-order valence-electron chi connectivity index (χ3n) is 7.35. The van der Waals surface area contributed by atoms with Crippen molar-refractivity contribution in [3.8, 4) is 0 Å². The average Bonchev–Trinajstić information content (AvgIpc) is 2.60. The average molecular weight is 435 g/mol. The van der Waals surface area contributed by atoms with Crippen molar-refractivity contribution in [2.75, 3.05) is 6.61 Å². The molecule has 0 aromatic rings. The highest BCUT2D eigenvalue weighted by Gasteiger charge is 2.48. The van der Waals surface area contributed by atoms with Gasteiger partial charge in [-0.3, -0.25) is 4.79 Å². The molecule has 1 unspecified atom stereocenters. The molecule has 0 aromatic heterocycles. The highest BCUT2D eigenvalue weighted by molar-refractivity contribution is 5.73. The van der Waals surface area contributed by atoms with Crippen molar-refractivity contribution < 1.29 is 27.4 Å². The van der Waals surface area contributed by atoms with Crippen LogP contribution in [0.3, 0.4) is 0 Å². The number of halogens is 3. The Morgan fingerprint density at radius 3 is 1.80 bits per heavy atom. The number of rotatable bonds is 7. The molecule has 0 spiro atoms. The predicted octanol–water partition coefficient (Wildman–Crippen LogP) is 6.65. The zero-order valence-corrected chi connectivity index (χ0v) is 19.5. The molecular weight excluding hydrogens is 393 g/mol. The number of ether oxygens (including phenoxy) is 2. The van der Waals surface area contributed by atoms with Crippen LogP contribution in [0.1, 0.15) is 80.1 Å². The second kappa shape index (κ2) is 10.7. The summed E-state index contributed by atoms with van der Waals surface area (Å²) in [7, 11) is 0. The monoisotopic (exact) mass is 434 g/mol. The van der Waals surface area contributed by atoms with E-state index in [0.717, 1.165) is 32.1 Å². The molecule has 0 saturated heterocycles. The molecule has 6 heteroatoms. The van der Waals surface area contributed by atoms with Crippen LogP contribution in [0.4, 0.5) is 13.2 Å². The van der Waals surface area contributed by atoms with E-state index < -0.39 is 30.8 Å². The number of carbonyl (C=O) groups excluding carboxylic acids is 1. The molecule has 7 atom stereocenters. The number of hydrogen-bond acceptors (Lipinski definition) is 3. The maximum absolute atomic E-state index is 13.8. The third-order valence-corrected chi connectivity index (χ3v) is 7.35. The first-order chi connectivity index (χ1) is 13.9. The molecule has 2 aliphatic rings. The second-order valence-corrected chi connectivity index (χ2v) is 10.6. The Hall–Kier alpha value is -0.780. The van der Waals surface area contributed by atoms with E-state index >= 15 is 0 Å². The van der Waals surface area contributed by atoms with Gasteiger partial charge >= 0.3 is 12.1 Å². The number of esters is 1. The van der Waals surface area contributed by atoms with Crippen LogP contribution in [-0.2, 0) is 14.3 Å². The highest BCUT2D eigenvalue weighted by atomic mass is 19.4. The quantitative estimate of drug-likeness (QED) is 0.421. The molecule has 0 N–H and O–H groups in total. The van der Waals surface area contributed by atoms with E-state index in [2.05, 4.69) is 27.7 Å². The maximum Gasteiger partial charge on any atom is 0.404 e. The summed E-state index contributed by atoms with van der Waals surface area (Å²) in [4.78, 5) is 12.7. The highest BCUT2D eigenvalue weighted by Crippen LogP contribution is 2.39. The van der Waals surface area contributed by atoms with Crippen molar-refractivity contribution in [2.24, 2.45) is 41.4 Å². The number of alkyl halides is 3. The van der Waals surface area contributed by atoms with Gasteiger partial charge in [-0.2, -0.15) is 13.2 Å². The largest absolute Gasteiger partial charge is 0.462 e. The fourth-order valence-corrected chi connectivity index (χ4v) is 5.30. The van der Waals surface area contributed by atoms with Gasteiger partial charge in [-0.1, -0.05) is 54.4 Å². The van der Waals surface area contributed by atoms with Gasteiger partial charge in [0.25, 0.3) is 0 Å². The fourth-order valence-electron chi connectivity index (χ4n) is 5.30. The molecule has 2 aliphatic carbocycles. The van der Waals surface area contributed by atoms with Gasteiger partial charge in [0.05, 0.1) is 12.7 Å². The lowest BCUT2D eigenvalue weighted by atomic mass is 9.75. The predicted molar refractivity (Wildman–Crippen MR) is 112 cm³/mol. The van der Waals surface area contributed by atoms with E-state index in [4.69, 9.17) is 9.47 Å². The molecule has 2 fully saturated rings. The van der Waals surface area contributed by atoms with E-state index in [1.165, 1.54) is 0 Å². The van der Waals surface area contributed by atoms with Crippen LogP contribution in [0.2, 0.25) is 0 Å². The zero-order valence-electron chi connectivity index (χ0n) is 19.5. The van der Waals surface area contributed by atoms with Crippen molar-refractivity contribution in [2.45, 2.75) is 98.5 Å². The van der Waals surface area contributed by atoms with Crippen LogP contribution in [0, 0.1) is 41.4 Å². The minimum atomic E-state index is -4.67. The normalized spacial score (nSPS) is 34.2. The molecule has 3 nitrogen and oxygen atoms in total. The summed E-state index contributed by atoms with van der Waals surface area (Å²) < 4.78 is 52.6. The molecular formula is C24H41F3O3. The van der Waals surface area contributed by atoms with Gasteiger partial charge in [0.15, 0.2) is 5.92 Å². The third kappa shape index (κ3) is 6.86. The van der Waals surface area contributed by atoms with Gasteiger partial charge in [-0.05, 0) is 61.2 Å². The van der Waals surface area contributed by atoms with Crippen LogP contribution in [0.5, 0.6) is 0 Å². The van der Waals surface area contributed by atoms with Crippen molar-refractivity contribution in [1.29, 1.82) is 0 Å². The van der Waals surface area contributed by atoms with Crippen molar-refractivity contribution in [1.82, 2.24) is 0 Å². The number of carbonyl (C=O) groups is 1. The first kappa shape index (κ1) is 25.5. The Balaban J connectivity index is 2.06. The minimum absolute atomic E-state index is 0.115. The Bertz CT molecular complexity index is 546. The molecule has 2 rings (SSSR count). The van der Waals surface area contributed by atoms with E-state index in [-0.39, 0.29) is 23.9 Å². The van der Waals surface area contributed by atoms with Gasteiger partial charge in [-0.25, -0.2) is 0 Å². The molecule has 30 heavy (non-hydrogen) atoms. The molecule has 0 amide bonds. The SMILES string of the molecule is CC(C)[C@@H]1CC[C@@H](C)C[C@H]1OCC(C(=O)O[C@@H]1C[C@H](C)CC[C@H]1C(C)C)C(F)(F)F. The van der Waals surface area contributed by atoms with E-state index in [0.29, 0.717) is 24.2 Å². The van der Waals surface area contributed by atoms with Crippen LogP contribution >= 0.6 is 0 Å². The molecule has 0 heterocycles. The van der Waals surface area contributed by atoms with E-state index in [1.54, 1.807) is 0 Å². The fraction of sp³-hybridized carbons (Fsp3) is 0.958. The molecule has 2 saturated carbocycles. The van der Waals surface area contributed by atoms with Crippen molar-refractivity contribution in [3.63, 3.8) is 0 Å². The molecule has 0 aliphatic heterocycles. The van der Waals surface area contributed by atoms with Crippen LogP contribution in [-0.4, -0.2) is 31.0 Å². The Kier molecular flexibility index (Phi) is 9.08. The summed E-state index contributed by atoms with van der Waals surface area (Å²) in [6.45, 7) is 11.8. The smallest absolute Gasteiger partial charge is 0.404 e. The molecule has 0 aromatic carbocycles. The van der Waals surface area contributed by atoms with Gasteiger partial charge in [0, 0.05) is 0 Å². The van der Waals surface area contributed by atoms with E-state index in [1.807, 2.05) is 13.8 Å². The van der Waals surface area contributed by atoms with Crippen LogP contribution < -0.4 is 0 Å². The lowest BCUT2D eigenvalue weighted by Crippen LogP contribution is -2.43. The summed E-state index contributed by atoms with van der Waals surface area (Å²) in [5, 5.41) is 0. The van der Waals surface area contributed by atoms with Crippen LogP contribution in [0.15, 0.2) is 0 Å². The van der Waals surface area contributed by atoms with Crippen molar-refractivity contribution in [3.05, 3.63) is 0 Å². The van der Waals surface area contributed by atoms with E-state index in [9.17, 15) is 18.0 Å². The summed E-state index contributed by atoms with van der Waals surface area (Å²) in [5.41, 5.74) is 0. The number of hydrogen-bond donors (Lipinski definition) is 0. The van der Waals surface area contributed by atoms with Gasteiger partial charge in [0.2, 0.25) is 0 Å². The summed E-state index contributed by atoms with van der Waals surface area (Å²) >= 11 is 0. The van der Waals surface area contributed by atoms with Crippen molar-refractivity contribution >= 4 is 5.97 Å². The molecule has 0 bridgehead atoms. The minimum Gasteiger partial charge on any atom is -0.462 e. The standard InChI is InChI=1S/C24H41F3O3/c1-14(2)18-9-7-16(5)11-21(18)29-13-20(24(25,26)27)23(28)30-22-12-17(6)8-10-19(22)15(3)4/h14-22H,7-13H2,1-6H3/t16-,17-,18+,19+,20?,21-,22-/m1/s1. The summed E-state index contributed by atoms with van der Waals surface area (Å²) in [6.07, 6.45) is -0.0101. The zero-order chi connectivity index (χ0) is 22.6. The second-order valence-electron chi connectivity index (χ2n) is 10.6. The topological polar surface area (TPSA) is 35.5 Å². The van der Waals surface area contributed by atoms with Crippen LogP contribution in [0.25, 0.3) is 0 Å². The molecule has 0 radical (unpaired) electrons. The maximum atomic E-state index is 13.8. The molecule has 176 valence electrons. The Morgan fingerprint density at radius 2 is 1.33 bits per heavy atom. The van der Waals surface area contributed by atoms with Gasteiger partial charge < -0.3 is 9.47 Å². The summed E-state index contributed by atoms with van der Waals surface area (Å²) in [6, 6.07) is 0. The lowest BCUT2D eigenvalue weighted by Gasteiger charge is -2.39. The Morgan fingerprint density at radius 1 is 0.867 bits per heavy atom. The first-order valence-electron chi connectivity index (χ1n) is 11.8. The Labute approximate surface area is 180 Å². The summed E-state index contributed by atoms with van der Waals surface area (Å²) in [5.74, 6) is -1.64.